The van der Waals surface area contributed by atoms with Gasteiger partial charge in [-0.05, 0) is 12.7 Å². The average molecular weight is 162 g/mol. The van der Waals surface area contributed by atoms with Crippen molar-refractivity contribution in [2.45, 2.75) is 20.3 Å². The Balaban J connectivity index is 3.05. The maximum absolute atomic E-state index is 10.7. The Morgan fingerprint density at radius 3 is 2.70 bits per heavy atom. The van der Waals surface area contributed by atoms with Crippen LogP contribution in [0.2, 0.25) is 0 Å². The first-order valence-electron chi connectivity index (χ1n) is 3.54. The Hall–Kier alpha value is -0.180. The van der Waals surface area contributed by atoms with Gasteiger partial charge in [-0.3, -0.25) is 4.79 Å². The van der Waals surface area contributed by atoms with E-state index < -0.39 is 0 Å². The summed E-state index contributed by atoms with van der Waals surface area (Å²) in [5.41, 5.74) is 0. The SMILES string of the molecule is CCOC(=O)CCSCC. The highest BCUT2D eigenvalue weighted by atomic mass is 32.2. The maximum Gasteiger partial charge on any atom is 0.306 e. The molecule has 0 aliphatic rings. The zero-order chi connectivity index (χ0) is 7.82. The summed E-state index contributed by atoms with van der Waals surface area (Å²) in [7, 11) is 0. The van der Waals surface area contributed by atoms with Gasteiger partial charge >= 0.3 is 5.97 Å². The van der Waals surface area contributed by atoms with E-state index in [1.807, 2.05) is 6.92 Å². The summed E-state index contributed by atoms with van der Waals surface area (Å²) in [5.74, 6) is 1.87. The van der Waals surface area contributed by atoms with E-state index >= 15 is 0 Å². The Morgan fingerprint density at radius 2 is 2.20 bits per heavy atom. The van der Waals surface area contributed by atoms with Crippen LogP contribution in [-0.2, 0) is 9.53 Å². The molecular formula is C7H14O2S. The molecule has 0 heterocycles. The van der Waals surface area contributed by atoms with Gasteiger partial charge in [-0.2, -0.15) is 11.8 Å². The minimum atomic E-state index is -0.0801. The molecule has 0 bridgehead atoms. The molecule has 60 valence electrons. The molecule has 0 amide bonds. The summed E-state index contributed by atoms with van der Waals surface area (Å²) in [5, 5.41) is 0. The second kappa shape index (κ2) is 6.93. The predicted molar refractivity (Wildman–Crippen MR) is 44.2 cm³/mol. The van der Waals surface area contributed by atoms with Gasteiger partial charge in [0.05, 0.1) is 13.0 Å². The molecule has 0 aromatic carbocycles. The minimum absolute atomic E-state index is 0.0801. The summed E-state index contributed by atoms with van der Waals surface area (Å²) in [6.07, 6.45) is 0.548. The van der Waals surface area contributed by atoms with Crippen LogP contribution in [0.15, 0.2) is 0 Å². The van der Waals surface area contributed by atoms with Crippen molar-refractivity contribution in [3.63, 3.8) is 0 Å². The van der Waals surface area contributed by atoms with E-state index in [9.17, 15) is 4.79 Å². The van der Waals surface area contributed by atoms with Gasteiger partial charge in [-0.15, -0.1) is 0 Å². The van der Waals surface area contributed by atoms with E-state index in [1.165, 1.54) is 0 Å². The van der Waals surface area contributed by atoms with Crippen LogP contribution in [0.25, 0.3) is 0 Å². The van der Waals surface area contributed by atoms with Crippen molar-refractivity contribution < 1.29 is 9.53 Å². The standard InChI is InChI=1S/C7H14O2S/c1-3-9-7(8)5-6-10-4-2/h3-6H2,1-2H3. The van der Waals surface area contributed by atoms with Crippen molar-refractivity contribution >= 4 is 17.7 Å². The van der Waals surface area contributed by atoms with Crippen LogP contribution in [0.4, 0.5) is 0 Å². The number of ether oxygens (including phenoxy) is 1. The van der Waals surface area contributed by atoms with Gasteiger partial charge in [0.15, 0.2) is 0 Å². The van der Waals surface area contributed by atoms with Crippen LogP contribution in [0, 0.1) is 0 Å². The summed E-state index contributed by atoms with van der Waals surface area (Å²) in [6, 6.07) is 0. The molecule has 0 N–H and O–H groups in total. The molecule has 0 atom stereocenters. The lowest BCUT2D eigenvalue weighted by Crippen LogP contribution is -2.04. The van der Waals surface area contributed by atoms with E-state index in [1.54, 1.807) is 11.8 Å². The average Bonchev–Trinajstić information content (AvgIpc) is 1.89. The van der Waals surface area contributed by atoms with Gasteiger partial charge in [0.2, 0.25) is 0 Å². The third-order valence-corrected chi connectivity index (χ3v) is 1.86. The number of esters is 1. The number of hydrogen-bond donors (Lipinski definition) is 0. The molecule has 0 fully saturated rings. The Bertz CT molecular complexity index is 93.6. The van der Waals surface area contributed by atoms with Crippen LogP contribution in [0.5, 0.6) is 0 Å². The molecule has 0 saturated heterocycles. The van der Waals surface area contributed by atoms with E-state index in [-0.39, 0.29) is 5.97 Å². The van der Waals surface area contributed by atoms with E-state index in [0.717, 1.165) is 11.5 Å². The molecule has 0 saturated carbocycles. The van der Waals surface area contributed by atoms with E-state index in [4.69, 9.17) is 4.74 Å². The van der Waals surface area contributed by atoms with Gasteiger partial charge in [0, 0.05) is 5.75 Å². The Kier molecular flexibility index (Phi) is 6.81. The summed E-state index contributed by atoms with van der Waals surface area (Å²) >= 11 is 1.76. The van der Waals surface area contributed by atoms with Crippen molar-refractivity contribution in [3.05, 3.63) is 0 Å². The second-order valence-electron chi connectivity index (χ2n) is 1.75. The van der Waals surface area contributed by atoms with Crippen LogP contribution in [0.3, 0.4) is 0 Å². The number of hydrogen-bond acceptors (Lipinski definition) is 3. The lowest BCUT2D eigenvalue weighted by molar-refractivity contribution is -0.142. The molecule has 0 aliphatic carbocycles. The highest BCUT2D eigenvalue weighted by Crippen LogP contribution is 2.01. The molecular weight excluding hydrogens is 148 g/mol. The van der Waals surface area contributed by atoms with Crippen LogP contribution in [-0.4, -0.2) is 24.1 Å². The number of carbonyl (C=O) groups excluding carboxylic acids is 1. The summed E-state index contributed by atoms with van der Waals surface area (Å²) in [6.45, 7) is 4.40. The van der Waals surface area contributed by atoms with Crippen LogP contribution >= 0.6 is 11.8 Å². The van der Waals surface area contributed by atoms with Gasteiger partial charge in [-0.1, -0.05) is 6.92 Å². The fourth-order valence-corrected chi connectivity index (χ4v) is 1.13. The maximum atomic E-state index is 10.7. The quantitative estimate of drug-likeness (QED) is 0.454. The first-order chi connectivity index (χ1) is 4.81. The number of rotatable bonds is 5. The van der Waals surface area contributed by atoms with Crippen molar-refractivity contribution in [1.82, 2.24) is 0 Å². The van der Waals surface area contributed by atoms with Gasteiger partial charge in [-0.25, -0.2) is 0 Å². The lowest BCUT2D eigenvalue weighted by Gasteiger charge is -1.99. The predicted octanol–water partition coefficient (Wildman–Crippen LogP) is 1.69. The smallest absolute Gasteiger partial charge is 0.306 e. The molecule has 0 rings (SSSR count). The first-order valence-corrected chi connectivity index (χ1v) is 4.70. The third kappa shape index (κ3) is 5.95. The molecule has 0 aromatic rings. The van der Waals surface area contributed by atoms with Crippen molar-refractivity contribution in [2.24, 2.45) is 0 Å². The largest absolute Gasteiger partial charge is 0.466 e. The van der Waals surface area contributed by atoms with Crippen molar-refractivity contribution in [3.8, 4) is 0 Å². The third-order valence-electron chi connectivity index (χ3n) is 0.960. The van der Waals surface area contributed by atoms with Gasteiger partial charge in [0.1, 0.15) is 0 Å². The molecule has 0 radical (unpaired) electrons. The number of carbonyl (C=O) groups is 1. The Morgan fingerprint density at radius 1 is 1.50 bits per heavy atom. The minimum Gasteiger partial charge on any atom is -0.466 e. The Labute approximate surface area is 66.3 Å². The molecule has 0 aliphatic heterocycles. The highest BCUT2D eigenvalue weighted by molar-refractivity contribution is 7.99. The lowest BCUT2D eigenvalue weighted by atomic mass is 10.5. The molecule has 3 heteroatoms. The second-order valence-corrected chi connectivity index (χ2v) is 3.15. The summed E-state index contributed by atoms with van der Waals surface area (Å²) < 4.78 is 4.74. The van der Waals surface area contributed by atoms with Crippen LogP contribution < -0.4 is 0 Å². The molecule has 10 heavy (non-hydrogen) atoms. The van der Waals surface area contributed by atoms with Crippen molar-refractivity contribution in [2.75, 3.05) is 18.1 Å². The first kappa shape index (κ1) is 9.82. The zero-order valence-electron chi connectivity index (χ0n) is 6.55. The van der Waals surface area contributed by atoms with Crippen LogP contribution in [0.1, 0.15) is 20.3 Å². The zero-order valence-corrected chi connectivity index (χ0v) is 7.37. The number of thioether (sulfide) groups is 1. The molecule has 0 unspecified atom stereocenters. The normalized spacial score (nSPS) is 9.40. The van der Waals surface area contributed by atoms with Gasteiger partial charge in [0.25, 0.3) is 0 Å². The molecule has 0 spiro atoms. The summed E-state index contributed by atoms with van der Waals surface area (Å²) in [4.78, 5) is 10.7. The highest BCUT2D eigenvalue weighted by Gasteiger charge is 1.98. The van der Waals surface area contributed by atoms with E-state index in [0.29, 0.717) is 13.0 Å². The monoisotopic (exact) mass is 162 g/mol. The fourth-order valence-electron chi connectivity index (χ4n) is 0.533. The van der Waals surface area contributed by atoms with E-state index in [2.05, 4.69) is 6.92 Å². The van der Waals surface area contributed by atoms with Gasteiger partial charge < -0.3 is 4.74 Å². The molecule has 0 aromatic heterocycles. The van der Waals surface area contributed by atoms with Crippen molar-refractivity contribution in [1.29, 1.82) is 0 Å². The fraction of sp³-hybridized carbons (Fsp3) is 0.857. The molecule has 2 nitrogen and oxygen atoms in total. The topological polar surface area (TPSA) is 26.3 Å².